The molecule has 1 saturated heterocycles. The first-order chi connectivity index (χ1) is 11.1. The number of β-lactam (4-membered cyclic amide) rings is 1. The van der Waals surface area contributed by atoms with Gasteiger partial charge in [-0.1, -0.05) is 0 Å². The fourth-order valence-corrected chi connectivity index (χ4v) is 6.62. The van der Waals surface area contributed by atoms with Crippen LogP contribution in [-0.4, -0.2) is 51.7 Å². The summed E-state index contributed by atoms with van der Waals surface area (Å²) >= 11 is 0.300. The second-order valence-electron chi connectivity index (χ2n) is 7.80. The Hall–Kier alpha value is -0.534. The van der Waals surface area contributed by atoms with E-state index in [0.717, 1.165) is 11.7 Å². The van der Waals surface area contributed by atoms with Crippen molar-refractivity contribution in [3.63, 3.8) is 0 Å². The molecule has 1 heterocycles. The molecule has 3 atom stereocenters. The van der Waals surface area contributed by atoms with Crippen molar-refractivity contribution in [2.45, 2.75) is 75.5 Å². The predicted molar refractivity (Wildman–Crippen MR) is 106 cm³/mol. The SMILES string of the molecule is C=CCN1C(=O)[C@H]([C@@H](C)O[Si](C)(C)C(C)(C)C)[C@H]1[Se]CC#CCC. The topological polar surface area (TPSA) is 29.5 Å². The summed E-state index contributed by atoms with van der Waals surface area (Å²) in [6.45, 7) is 19.8. The van der Waals surface area contributed by atoms with Crippen LogP contribution in [0.5, 0.6) is 0 Å². The monoisotopic (exact) mass is 415 g/mol. The maximum atomic E-state index is 12.6. The molecular weight excluding hydrogens is 381 g/mol. The third-order valence-electron chi connectivity index (χ3n) is 4.93. The van der Waals surface area contributed by atoms with Gasteiger partial charge in [0, 0.05) is 0 Å². The van der Waals surface area contributed by atoms with E-state index in [1.54, 1.807) is 0 Å². The number of likely N-dealkylation sites (tertiary alicyclic amines) is 1. The van der Waals surface area contributed by atoms with Crippen molar-refractivity contribution in [1.29, 1.82) is 0 Å². The zero-order valence-electron chi connectivity index (χ0n) is 16.3. The van der Waals surface area contributed by atoms with Gasteiger partial charge in [-0.25, -0.2) is 0 Å². The van der Waals surface area contributed by atoms with Crippen LogP contribution in [-0.2, 0) is 9.22 Å². The summed E-state index contributed by atoms with van der Waals surface area (Å²) in [6, 6.07) is 0. The molecule has 0 N–H and O–H groups in total. The zero-order chi connectivity index (χ0) is 18.5. The molecular formula is C19H33NO2SeSi. The van der Waals surface area contributed by atoms with Crippen LogP contribution in [0.3, 0.4) is 0 Å². The van der Waals surface area contributed by atoms with E-state index >= 15 is 0 Å². The molecule has 3 nitrogen and oxygen atoms in total. The standard InChI is InChI=1S/C19H33NO2SeSi/c1-9-11-12-14-23-18-16(17(21)20(18)13-10-2)15(3)22-24(7,8)19(4,5)6/h10,15-16,18H,2,9,13-14H2,1,3-8H3/t15-,16+,18-/m1/s1. The molecule has 0 aromatic carbocycles. The molecule has 1 aliphatic heterocycles. The minimum absolute atomic E-state index is 0.0116. The van der Waals surface area contributed by atoms with Gasteiger partial charge in [-0.05, 0) is 0 Å². The van der Waals surface area contributed by atoms with Gasteiger partial charge in [0.25, 0.3) is 0 Å². The van der Waals surface area contributed by atoms with Gasteiger partial charge in [0.15, 0.2) is 0 Å². The van der Waals surface area contributed by atoms with Crippen LogP contribution in [0.1, 0.15) is 41.0 Å². The fourth-order valence-electron chi connectivity index (χ4n) is 2.53. The molecule has 5 heteroatoms. The second kappa shape index (κ2) is 8.71. The molecule has 1 rings (SSSR count). The quantitative estimate of drug-likeness (QED) is 0.274. The van der Waals surface area contributed by atoms with Crippen LogP contribution >= 0.6 is 0 Å². The molecule has 0 radical (unpaired) electrons. The van der Waals surface area contributed by atoms with Crippen molar-refractivity contribution in [2.24, 2.45) is 5.92 Å². The molecule has 0 aromatic heterocycles. The Labute approximate surface area is 155 Å². The van der Waals surface area contributed by atoms with E-state index in [0.29, 0.717) is 21.5 Å². The maximum absolute atomic E-state index is 12.6. The molecule has 136 valence electrons. The Balaban J connectivity index is 2.81. The van der Waals surface area contributed by atoms with E-state index in [1.807, 2.05) is 11.0 Å². The summed E-state index contributed by atoms with van der Waals surface area (Å²) in [5.74, 6) is 6.56. The molecule has 0 bridgehead atoms. The van der Waals surface area contributed by atoms with Gasteiger partial charge < -0.3 is 0 Å². The fraction of sp³-hybridized carbons (Fsp3) is 0.737. The van der Waals surface area contributed by atoms with Crippen LogP contribution in [0.25, 0.3) is 0 Å². The van der Waals surface area contributed by atoms with Crippen molar-refractivity contribution in [2.75, 3.05) is 6.54 Å². The average Bonchev–Trinajstić information content (AvgIpc) is 2.45. The van der Waals surface area contributed by atoms with Crippen LogP contribution in [0, 0.1) is 17.8 Å². The third-order valence-corrected chi connectivity index (χ3v) is 12.0. The normalized spacial score (nSPS) is 22.5. The van der Waals surface area contributed by atoms with Crippen molar-refractivity contribution in [3.8, 4) is 11.8 Å². The van der Waals surface area contributed by atoms with E-state index < -0.39 is 8.32 Å². The van der Waals surface area contributed by atoms with Crippen molar-refractivity contribution < 1.29 is 9.22 Å². The Bertz CT molecular complexity index is 516. The molecule has 1 aliphatic rings. The first kappa shape index (κ1) is 21.5. The van der Waals surface area contributed by atoms with Crippen molar-refractivity contribution in [3.05, 3.63) is 12.7 Å². The first-order valence-corrected chi connectivity index (χ1v) is 13.8. The number of rotatable bonds is 7. The molecule has 1 amide bonds. The van der Waals surface area contributed by atoms with Crippen LogP contribution in [0.4, 0.5) is 0 Å². The number of carbonyl (C=O) groups excluding carboxylic acids is 1. The summed E-state index contributed by atoms with van der Waals surface area (Å²) in [4.78, 5) is 14.9. The van der Waals surface area contributed by atoms with Gasteiger partial charge in [-0.3, -0.25) is 0 Å². The molecule has 0 spiro atoms. The molecule has 0 aliphatic carbocycles. The van der Waals surface area contributed by atoms with E-state index in [1.165, 1.54) is 0 Å². The molecule has 0 aromatic rings. The van der Waals surface area contributed by atoms with Gasteiger partial charge in [-0.15, -0.1) is 0 Å². The number of carbonyl (C=O) groups is 1. The first-order valence-electron chi connectivity index (χ1n) is 8.73. The minimum atomic E-state index is -1.87. The number of nitrogens with zero attached hydrogens (tertiary/aromatic N) is 1. The predicted octanol–water partition coefficient (Wildman–Crippen LogP) is 3.90. The van der Waals surface area contributed by atoms with Gasteiger partial charge in [0.05, 0.1) is 0 Å². The Morgan fingerprint density at radius 3 is 2.54 bits per heavy atom. The van der Waals surface area contributed by atoms with Gasteiger partial charge in [0.2, 0.25) is 0 Å². The van der Waals surface area contributed by atoms with Gasteiger partial charge >= 0.3 is 156 Å². The van der Waals surface area contributed by atoms with E-state index in [4.69, 9.17) is 4.43 Å². The molecule has 0 unspecified atom stereocenters. The summed E-state index contributed by atoms with van der Waals surface area (Å²) < 4.78 is 6.50. The molecule has 24 heavy (non-hydrogen) atoms. The Morgan fingerprint density at radius 1 is 1.42 bits per heavy atom. The van der Waals surface area contributed by atoms with Gasteiger partial charge in [0.1, 0.15) is 0 Å². The third kappa shape index (κ3) is 4.99. The Morgan fingerprint density at radius 2 is 2.04 bits per heavy atom. The van der Waals surface area contributed by atoms with E-state index in [2.05, 4.69) is 66.1 Å². The molecule has 1 fully saturated rings. The second-order valence-corrected chi connectivity index (χ2v) is 14.9. The molecule has 0 saturated carbocycles. The van der Waals surface area contributed by atoms with Gasteiger partial charge in [-0.2, -0.15) is 0 Å². The van der Waals surface area contributed by atoms with E-state index in [-0.39, 0.29) is 27.9 Å². The summed E-state index contributed by atoms with van der Waals surface area (Å²) in [5, 5.41) is 1.05. The van der Waals surface area contributed by atoms with Crippen LogP contribution in [0.2, 0.25) is 23.5 Å². The number of amides is 1. The Kier molecular flexibility index (Phi) is 7.81. The number of hydrogen-bond acceptors (Lipinski definition) is 2. The zero-order valence-corrected chi connectivity index (χ0v) is 19.0. The number of hydrogen-bond donors (Lipinski definition) is 0. The van der Waals surface area contributed by atoms with Crippen LogP contribution < -0.4 is 0 Å². The van der Waals surface area contributed by atoms with Crippen molar-refractivity contribution in [1.82, 2.24) is 4.90 Å². The van der Waals surface area contributed by atoms with E-state index in [9.17, 15) is 4.79 Å². The average molecular weight is 415 g/mol. The van der Waals surface area contributed by atoms with Crippen LogP contribution in [0.15, 0.2) is 12.7 Å². The van der Waals surface area contributed by atoms with Crippen molar-refractivity contribution >= 4 is 29.2 Å². The summed E-state index contributed by atoms with van der Waals surface area (Å²) in [5.41, 5.74) is 0. The summed E-state index contributed by atoms with van der Waals surface area (Å²) in [6.07, 6.45) is 2.68. The summed E-state index contributed by atoms with van der Waals surface area (Å²) in [7, 11) is -1.87.